The number of aromatic nitrogens is 4. The first kappa shape index (κ1) is 18.2. The van der Waals surface area contributed by atoms with Gasteiger partial charge in [0.05, 0.1) is 13.2 Å². The molecule has 26 heavy (non-hydrogen) atoms. The monoisotopic (exact) mass is 365 g/mol. The predicted molar refractivity (Wildman–Crippen MR) is 93.1 cm³/mol. The van der Waals surface area contributed by atoms with Crippen LogP contribution >= 0.6 is 0 Å². The van der Waals surface area contributed by atoms with E-state index in [1.54, 1.807) is 37.3 Å². The van der Waals surface area contributed by atoms with Gasteiger partial charge in [0.15, 0.2) is 11.2 Å². The smallest absolute Gasteiger partial charge is 0.411 e. The third-order valence-electron chi connectivity index (χ3n) is 4.22. The Morgan fingerprint density at radius 1 is 1.27 bits per heavy atom. The lowest BCUT2D eigenvalue weighted by atomic mass is 10.2. The normalized spacial score (nSPS) is 18.3. The van der Waals surface area contributed by atoms with Crippen LogP contribution in [0.4, 0.5) is 4.79 Å². The van der Waals surface area contributed by atoms with Gasteiger partial charge in [0.1, 0.15) is 17.5 Å². The van der Waals surface area contributed by atoms with Gasteiger partial charge in [-0.05, 0) is 20.8 Å². The van der Waals surface area contributed by atoms with Crippen molar-refractivity contribution in [2.45, 2.75) is 32.4 Å². The van der Waals surface area contributed by atoms with E-state index in [1.165, 1.54) is 11.6 Å². The summed E-state index contributed by atoms with van der Waals surface area (Å²) in [6.45, 7) is 6.35. The van der Waals surface area contributed by atoms with Crippen LogP contribution in [-0.4, -0.2) is 55.5 Å². The Kier molecular flexibility index (Phi) is 4.39. The summed E-state index contributed by atoms with van der Waals surface area (Å²) in [6, 6.07) is -0.523. The largest absolute Gasteiger partial charge is 0.444 e. The Morgan fingerprint density at radius 2 is 1.96 bits per heavy atom. The molecule has 1 aliphatic heterocycles. The molecule has 0 aliphatic carbocycles. The fraction of sp³-hybridized carbons (Fsp3) is 0.625. The van der Waals surface area contributed by atoms with Crippen LogP contribution in [0.1, 0.15) is 32.6 Å². The van der Waals surface area contributed by atoms with Crippen molar-refractivity contribution in [2.75, 3.05) is 19.8 Å². The fourth-order valence-electron chi connectivity index (χ4n) is 2.98. The van der Waals surface area contributed by atoms with Crippen molar-refractivity contribution >= 4 is 17.3 Å². The summed E-state index contributed by atoms with van der Waals surface area (Å²) in [5, 5.41) is 0. The molecular weight excluding hydrogens is 342 g/mol. The van der Waals surface area contributed by atoms with Crippen molar-refractivity contribution in [1.82, 2.24) is 24.0 Å². The number of carbonyl (C=O) groups excluding carboxylic acids is 1. The molecule has 2 aromatic heterocycles. The van der Waals surface area contributed by atoms with Crippen molar-refractivity contribution in [2.24, 2.45) is 14.1 Å². The number of nitrogens with one attached hydrogen (secondary N) is 1. The highest BCUT2D eigenvalue weighted by atomic mass is 16.6. The van der Waals surface area contributed by atoms with E-state index < -0.39 is 29.0 Å². The van der Waals surface area contributed by atoms with Gasteiger partial charge in [0.2, 0.25) is 0 Å². The predicted octanol–water partition coefficient (Wildman–Crippen LogP) is 0.269. The minimum absolute atomic E-state index is 0.224. The van der Waals surface area contributed by atoms with Gasteiger partial charge in [-0.25, -0.2) is 14.6 Å². The summed E-state index contributed by atoms with van der Waals surface area (Å²) in [5.41, 5.74) is -1.18. The van der Waals surface area contributed by atoms with Crippen LogP contribution in [0.25, 0.3) is 11.2 Å². The fourth-order valence-corrected chi connectivity index (χ4v) is 2.98. The minimum Gasteiger partial charge on any atom is -0.444 e. The van der Waals surface area contributed by atoms with Gasteiger partial charge in [0.25, 0.3) is 5.56 Å². The zero-order valence-corrected chi connectivity index (χ0v) is 15.5. The van der Waals surface area contributed by atoms with Crippen LogP contribution in [0.5, 0.6) is 0 Å². The molecule has 10 heteroatoms. The highest BCUT2D eigenvalue weighted by Gasteiger charge is 2.35. The van der Waals surface area contributed by atoms with Crippen LogP contribution in [0.15, 0.2) is 9.59 Å². The number of fused-ring (bicyclic) bond motifs is 1. The quantitative estimate of drug-likeness (QED) is 0.776. The van der Waals surface area contributed by atoms with Crippen molar-refractivity contribution in [3.63, 3.8) is 0 Å². The molecule has 0 saturated carbocycles. The van der Waals surface area contributed by atoms with Crippen molar-refractivity contribution in [1.29, 1.82) is 0 Å². The SMILES string of the molecule is Cn1c(C2COCCN2C(=O)OC(C)(C)C)nc2c1c(=O)[nH]c(=O)n2C. The van der Waals surface area contributed by atoms with Crippen LogP contribution in [0.2, 0.25) is 0 Å². The van der Waals surface area contributed by atoms with Gasteiger partial charge in [-0.1, -0.05) is 0 Å². The maximum Gasteiger partial charge on any atom is 0.411 e. The van der Waals surface area contributed by atoms with Gasteiger partial charge in [-0.15, -0.1) is 0 Å². The maximum absolute atomic E-state index is 12.6. The highest BCUT2D eigenvalue weighted by Crippen LogP contribution is 2.26. The third kappa shape index (κ3) is 3.12. The molecule has 1 saturated heterocycles. The number of hydrogen-bond donors (Lipinski definition) is 1. The van der Waals surface area contributed by atoms with E-state index in [9.17, 15) is 14.4 Å². The zero-order valence-electron chi connectivity index (χ0n) is 15.5. The molecule has 142 valence electrons. The summed E-state index contributed by atoms with van der Waals surface area (Å²) in [7, 11) is 3.20. The van der Waals surface area contributed by atoms with Gasteiger partial charge in [0, 0.05) is 20.6 Å². The summed E-state index contributed by atoms with van der Waals surface area (Å²) >= 11 is 0. The van der Waals surface area contributed by atoms with E-state index in [0.717, 1.165) is 0 Å². The van der Waals surface area contributed by atoms with Gasteiger partial charge in [-0.2, -0.15) is 0 Å². The van der Waals surface area contributed by atoms with E-state index in [1.807, 2.05) is 0 Å². The summed E-state index contributed by atoms with van der Waals surface area (Å²) in [4.78, 5) is 44.9. The van der Waals surface area contributed by atoms with E-state index in [0.29, 0.717) is 19.0 Å². The van der Waals surface area contributed by atoms with Crippen molar-refractivity contribution in [3.8, 4) is 0 Å². The molecule has 10 nitrogen and oxygen atoms in total. The number of rotatable bonds is 1. The Bertz CT molecular complexity index is 964. The number of ether oxygens (including phenoxy) is 2. The van der Waals surface area contributed by atoms with Gasteiger partial charge >= 0.3 is 11.8 Å². The summed E-state index contributed by atoms with van der Waals surface area (Å²) in [6.07, 6.45) is -0.472. The summed E-state index contributed by atoms with van der Waals surface area (Å²) < 4.78 is 13.9. The molecule has 1 N–H and O–H groups in total. The number of nitrogens with zero attached hydrogens (tertiary/aromatic N) is 4. The average molecular weight is 365 g/mol. The highest BCUT2D eigenvalue weighted by molar-refractivity contribution is 5.72. The number of hydrogen-bond acceptors (Lipinski definition) is 6. The molecule has 2 aromatic rings. The summed E-state index contributed by atoms with van der Waals surface area (Å²) in [5.74, 6) is 0.456. The second-order valence-corrected chi connectivity index (χ2v) is 7.28. The van der Waals surface area contributed by atoms with E-state index >= 15 is 0 Å². The number of imidazole rings is 1. The lowest BCUT2D eigenvalue weighted by molar-refractivity contribution is -0.0355. The lowest BCUT2D eigenvalue weighted by Gasteiger charge is -2.36. The van der Waals surface area contributed by atoms with Crippen molar-refractivity contribution < 1.29 is 14.3 Å². The zero-order chi connectivity index (χ0) is 19.2. The standard InChI is InChI=1S/C16H23N5O5/c1-16(2,3)26-15(24)21-6-7-25-8-9(21)11-17-12-10(19(11)4)13(22)18-14(23)20(12)5/h9H,6-8H2,1-5H3,(H,18,22,23). The minimum atomic E-state index is -0.632. The van der Waals surface area contributed by atoms with Gasteiger partial charge in [-0.3, -0.25) is 19.2 Å². The topological polar surface area (TPSA) is 111 Å². The Labute approximate surface area is 149 Å². The number of H-pyrrole nitrogens is 1. The molecule has 0 radical (unpaired) electrons. The number of aromatic amines is 1. The van der Waals surface area contributed by atoms with E-state index in [4.69, 9.17) is 9.47 Å². The van der Waals surface area contributed by atoms with Crippen LogP contribution in [-0.2, 0) is 23.6 Å². The first-order valence-electron chi connectivity index (χ1n) is 8.33. The average Bonchev–Trinajstić information content (AvgIpc) is 2.89. The van der Waals surface area contributed by atoms with E-state index in [-0.39, 0.29) is 17.8 Å². The molecule has 1 fully saturated rings. The molecule has 0 bridgehead atoms. The second-order valence-electron chi connectivity index (χ2n) is 7.28. The van der Waals surface area contributed by atoms with Crippen molar-refractivity contribution in [3.05, 3.63) is 26.7 Å². The number of morpholine rings is 1. The Morgan fingerprint density at radius 3 is 2.62 bits per heavy atom. The molecule has 1 atom stereocenters. The van der Waals surface area contributed by atoms with Gasteiger partial charge < -0.3 is 14.0 Å². The molecule has 0 aromatic carbocycles. The molecule has 0 spiro atoms. The molecule has 1 aliphatic rings. The lowest BCUT2D eigenvalue weighted by Crippen LogP contribution is -2.46. The number of aryl methyl sites for hydroxylation is 2. The van der Waals surface area contributed by atoms with Crippen LogP contribution < -0.4 is 11.2 Å². The maximum atomic E-state index is 12.6. The molecule has 3 heterocycles. The Hall–Kier alpha value is -2.62. The number of carbonyl (C=O) groups is 1. The second kappa shape index (κ2) is 6.27. The molecule has 1 amide bonds. The van der Waals surface area contributed by atoms with E-state index in [2.05, 4.69) is 9.97 Å². The van der Waals surface area contributed by atoms with Crippen LogP contribution in [0, 0.1) is 0 Å². The first-order chi connectivity index (χ1) is 12.1. The number of amides is 1. The van der Waals surface area contributed by atoms with Crippen LogP contribution in [0.3, 0.4) is 0 Å². The molecular formula is C16H23N5O5. The third-order valence-corrected chi connectivity index (χ3v) is 4.22. The first-order valence-corrected chi connectivity index (χ1v) is 8.33. The molecule has 1 unspecified atom stereocenters. The Balaban J connectivity index is 2.09. The molecule has 3 rings (SSSR count).